The number of rotatable bonds is 5. The average molecular weight is 366 g/mol. The quantitative estimate of drug-likeness (QED) is 0.767. The third kappa shape index (κ3) is 4.02. The Morgan fingerprint density at radius 2 is 2.00 bits per heavy atom. The van der Waals surface area contributed by atoms with E-state index >= 15 is 0 Å². The number of methoxy groups -OCH3 is 1. The van der Waals surface area contributed by atoms with E-state index in [0.29, 0.717) is 0 Å². The van der Waals surface area contributed by atoms with Crippen LogP contribution in [-0.2, 0) is 0 Å². The second-order valence-electron chi connectivity index (χ2n) is 5.00. The van der Waals surface area contributed by atoms with Crippen LogP contribution < -0.4 is 10.5 Å². The van der Waals surface area contributed by atoms with Crippen molar-refractivity contribution in [1.82, 2.24) is 0 Å². The minimum absolute atomic E-state index is 0.0526. The molecule has 21 heavy (non-hydrogen) atoms. The fourth-order valence-corrected chi connectivity index (χ4v) is 3.69. The van der Waals surface area contributed by atoms with Crippen LogP contribution in [0.2, 0.25) is 0 Å². The monoisotopic (exact) mass is 365 g/mol. The number of halogens is 1. The van der Waals surface area contributed by atoms with Crippen LogP contribution in [0.25, 0.3) is 0 Å². The molecular formula is C17H20BrNOS. The Balaban J connectivity index is 2.13. The van der Waals surface area contributed by atoms with Gasteiger partial charge in [0, 0.05) is 26.7 Å². The lowest BCUT2D eigenvalue weighted by Crippen LogP contribution is -2.15. The van der Waals surface area contributed by atoms with Gasteiger partial charge in [0.1, 0.15) is 5.75 Å². The van der Waals surface area contributed by atoms with Crippen molar-refractivity contribution in [3.63, 3.8) is 0 Å². The van der Waals surface area contributed by atoms with E-state index in [0.717, 1.165) is 27.1 Å². The first kappa shape index (κ1) is 16.4. The maximum Gasteiger partial charge on any atom is 0.126 e. The summed E-state index contributed by atoms with van der Waals surface area (Å²) < 4.78 is 6.64. The van der Waals surface area contributed by atoms with Crippen LogP contribution in [0.3, 0.4) is 0 Å². The number of hydrogen-bond donors (Lipinski definition) is 1. The number of hydrogen-bond acceptors (Lipinski definition) is 3. The molecule has 0 heterocycles. The molecule has 1 unspecified atom stereocenters. The first-order valence-electron chi connectivity index (χ1n) is 6.81. The molecule has 112 valence electrons. The van der Waals surface area contributed by atoms with Gasteiger partial charge in [0.15, 0.2) is 0 Å². The summed E-state index contributed by atoms with van der Waals surface area (Å²) in [6.45, 7) is 4.16. The summed E-state index contributed by atoms with van der Waals surface area (Å²) in [4.78, 5) is 1.21. The fourth-order valence-electron chi connectivity index (χ4n) is 2.21. The molecular weight excluding hydrogens is 346 g/mol. The maximum atomic E-state index is 6.36. The Bertz CT molecular complexity index is 630. The van der Waals surface area contributed by atoms with Gasteiger partial charge in [0.25, 0.3) is 0 Å². The van der Waals surface area contributed by atoms with Gasteiger partial charge >= 0.3 is 0 Å². The van der Waals surface area contributed by atoms with Gasteiger partial charge in [0.05, 0.1) is 7.11 Å². The van der Waals surface area contributed by atoms with Crippen LogP contribution in [0.15, 0.2) is 45.8 Å². The second kappa shape index (κ2) is 7.34. The van der Waals surface area contributed by atoms with E-state index in [-0.39, 0.29) is 6.04 Å². The molecule has 0 saturated heterocycles. The number of aryl methyl sites for hydroxylation is 1. The Labute approximate surface area is 139 Å². The molecule has 0 aliphatic rings. The number of benzene rings is 2. The Hall–Kier alpha value is -0.970. The minimum atomic E-state index is -0.0526. The molecule has 1 atom stereocenters. The van der Waals surface area contributed by atoms with E-state index in [2.05, 4.69) is 54.0 Å². The van der Waals surface area contributed by atoms with E-state index in [4.69, 9.17) is 10.5 Å². The highest BCUT2D eigenvalue weighted by atomic mass is 79.9. The molecule has 4 heteroatoms. The van der Waals surface area contributed by atoms with Crippen LogP contribution in [-0.4, -0.2) is 12.9 Å². The van der Waals surface area contributed by atoms with Gasteiger partial charge in [-0.1, -0.05) is 34.1 Å². The van der Waals surface area contributed by atoms with Crippen LogP contribution in [0.4, 0.5) is 0 Å². The summed E-state index contributed by atoms with van der Waals surface area (Å²) in [5.74, 6) is 1.73. The highest BCUT2D eigenvalue weighted by Gasteiger charge is 2.15. The molecule has 2 nitrogen and oxygen atoms in total. The molecule has 0 spiro atoms. The zero-order valence-corrected chi connectivity index (χ0v) is 14.9. The van der Waals surface area contributed by atoms with Gasteiger partial charge in [-0.25, -0.2) is 0 Å². The van der Waals surface area contributed by atoms with E-state index in [9.17, 15) is 0 Å². The summed E-state index contributed by atoms with van der Waals surface area (Å²) >= 11 is 5.25. The fraction of sp³-hybridized carbons (Fsp3) is 0.294. The standard InChI is InChI=1S/C17H20BrNOS/c1-11-7-8-15(17(20-3)12(11)2)16(19)10-21-14-6-4-5-13(18)9-14/h4-9,16H,10,19H2,1-3H3. The molecule has 0 radical (unpaired) electrons. The molecule has 0 aliphatic heterocycles. The van der Waals surface area contributed by atoms with Gasteiger partial charge in [-0.15, -0.1) is 11.8 Å². The van der Waals surface area contributed by atoms with E-state index in [1.165, 1.54) is 10.5 Å². The molecule has 0 bridgehead atoms. The normalized spacial score (nSPS) is 12.2. The summed E-state index contributed by atoms with van der Waals surface area (Å²) in [7, 11) is 1.71. The summed E-state index contributed by atoms with van der Waals surface area (Å²) in [5.41, 5.74) is 9.83. The van der Waals surface area contributed by atoms with Gasteiger partial charge in [-0.2, -0.15) is 0 Å². The largest absolute Gasteiger partial charge is 0.496 e. The predicted octanol–water partition coefficient (Wildman–Crippen LogP) is 4.87. The van der Waals surface area contributed by atoms with Crippen molar-refractivity contribution >= 4 is 27.7 Å². The second-order valence-corrected chi connectivity index (χ2v) is 7.01. The van der Waals surface area contributed by atoms with Crippen molar-refractivity contribution in [2.75, 3.05) is 12.9 Å². The average Bonchev–Trinajstić information content (AvgIpc) is 2.47. The van der Waals surface area contributed by atoms with Gasteiger partial charge in [0.2, 0.25) is 0 Å². The lowest BCUT2D eigenvalue weighted by Gasteiger charge is -2.18. The molecule has 2 N–H and O–H groups in total. The topological polar surface area (TPSA) is 35.2 Å². The van der Waals surface area contributed by atoms with Crippen molar-refractivity contribution in [2.45, 2.75) is 24.8 Å². The smallest absolute Gasteiger partial charge is 0.126 e. The Morgan fingerprint density at radius 3 is 2.67 bits per heavy atom. The molecule has 0 aromatic heterocycles. The van der Waals surface area contributed by atoms with Gasteiger partial charge in [-0.05, 0) is 43.2 Å². The minimum Gasteiger partial charge on any atom is -0.496 e. The number of thioether (sulfide) groups is 1. The molecule has 0 amide bonds. The van der Waals surface area contributed by atoms with Gasteiger partial charge < -0.3 is 10.5 Å². The predicted molar refractivity (Wildman–Crippen MR) is 94.3 cm³/mol. The lowest BCUT2D eigenvalue weighted by atomic mass is 10.0. The molecule has 0 saturated carbocycles. The van der Waals surface area contributed by atoms with Crippen LogP contribution >= 0.6 is 27.7 Å². The Morgan fingerprint density at radius 1 is 1.24 bits per heavy atom. The van der Waals surface area contributed by atoms with Crippen molar-refractivity contribution in [3.05, 3.63) is 57.6 Å². The van der Waals surface area contributed by atoms with Crippen LogP contribution in [0, 0.1) is 13.8 Å². The molecule has 2 aromatic rings. The number of ether oxygens (including phenoxy) is 1. The molecule has 0 fully saturated rings. The zero-order valence-electron chi connectivity index (χ0n) is 12.5. The molecule has 0 aliphatic carbocycles. The van der Waals surface area contributed by atoms with E-state index in [1.807, 2.05) is 12.1 Å². The van der Waals surface area contributed by atoms with Gasteiger partial charge in [-0.3, -0.25) is 0 Å². The third-order valence-corrected chi connectivity index (χ3v) is 5.14. The van der Waals surface area contributed by atoms with Crippen molar-refractivity contribution in [1.29, 1.82) is 0 Å². The highest BCUT2D eigenvalue weighted by molar-refractivity contribution is 9.10. The summed E-state index contributed by atoms with van der Waals surface area (Å²) in [6, 6.07) is 12.4. The lowest BCUT2D eigenvalue weighted by molar-refractivity contribution is 0.403. The van der Waals surface area contributed by atoms with Crippen molar-refractivity contribution in [2.24, 2.45) is 5.73 Å². The Kier molecular flexibility index (Phi) is 5.73. The molecule has 2 rings (SSSR count). The maximum absolute atomic E-state index is 6.36. The van der Waals surface area contributed by atoms with E-state index < -0.39 is 0 Å². The summed E-state index contributed by atoms with van der Waals surface area (Å²) in [6.07, 6.45) is 0. The highest BCUT2D eigenvalue weighted by Crippen LogP contribution is 2.33. The van der Waals surface area contributed by atoms with Crippen molar-refractivity contribution in [3.8, 4) is 5.75 Å². The van der Waals surface area contributed by atoms with Crippen molar-refractivity contribution < 1.29 is 4.74 Å². The van der Waals surface area contributed by atoms with Crippen LogP contribution in [0.5, 0.6) is 5.75 Å². The van der Waals surface area contributed by atoms with Crippen LogP contribution in [0.1, 0.15) is 22.7 Å². The zero-order chi connectivity index (χ0) is 15.4. The first-order chi connectivity index (χ1) is 10.0. The molecule has 2 aromatic carbocycles. The van der Waals surface area contributed by atoms with E-state index in [1.54, 1.807) is 18.9 Å². The first-order valence-corrected chi connectivity index (χ1v) is 8.59. The summed E-state index contributed by atoms with van der Waals surface area (Å²) in [5, 5.41) is 0. The third-order valence-electron chi connectivity index (χ3n) is 3.54. The number of nitrogens with two attached hydrogens (primary N) is 1. The SMILES string of the molecule is COc1c(C(N)CSc2cccc(Br)c2)ccc(C)c1C.